The number of aromatic carboxylic acids is 1. The summed E-state index contributed by atoms with van der Waals surface area (Å²) < 4.78 is 40.3. The summed E-state index contributed by atoms with van der Waals surface area (Å²) in [6, 6.07) is 9.57. The predicted molar refractivity (Wildman–Crippen MR) is 127 cm³/mol. The molecule has 0 unspecified atom stereocenters. The van der Waals surface area contributed by atoms with E-state index in [1.54, 1.807) is 0 Å². The number of amides is 1. The number of carbonyl (C=O) groups excluding carboxylic acids is 2. The molecule has 0 saturated heterocycles. The molecule has 0 radical (unpaired) electrons. The fourth-order valence-corrected chi connectivity index (χ4v) is 3.29. The Balaban J connectivity index is 0.000000479. The number of halogens is 3. The van der Waals surface area contributed by atoms with Crippen molar-refractivity contribution in [1.82, 2.24) is 25.3 Å². The molecule has 0 fully saturated rings. The van der Waals surface area contributed by atoms with Crippen molar-refractivity contribution in [2.45, 2.75) is 6.43 Å². The Morgan fingerprint density at radius 2 is 1.70 bits per heavy atom. The van der Waals surface area contributed by atoms with Gasteiger partial charge in [-0.1, -0.05) is 12.1 Å². The van der Waals surface area contributed by atoms with Crippen molar-refractivity contribution in [2.75, 3.05) is 40.8 Å². The average molecular weight is 518 g/mol. The molecule has 0 bridgehead atoms. The number of fused-ring (bicyclic) bond motifs is 3. The zero-order valence-electron chi connectivity index (χ0n) is 20.3. The quantitative estimate of drug-likeness (QED) is 0.351. The van der Waals surface area contributed by atoms with E-state index in [0.717, 1.165) is 15.7 Å². The zero-order valence-corrected chi connectivity index (χ0v) is 20.3. The number of aliphatic hydroxyl groups is 1. The summed E-state index contributed by atoms with van der Waals surface area (Å²) in [6.07, 6.45) is -2.68. The number of aromatic nitrogens is 4. The number of quaternary nitrogens is 1. The summed E-state index contributed by atoms with van der Waals surface area (Å²) in [5, 5.41) is 34.2. The Labute approximate surface area is 209 Å². The van der Waals surface area contributed by atoms with Crippen molar-refractivity contribution >= 4 is 33.8 Å². The molecule has 2 aromatic carbocycles. The van der Waals surface area contributed by atoms with Crippen molar-refractivity contribution < 1.29 is 37.5 Å². The van der Waals surface area contributed by atoms with Gasteiger partial charge in [0, 0.05) is 10.9 Å². The third kappa shape index (κ3) is 6.57. The lowest BCUT2D eigenvalue weighted by molar-refractivity contribution is -0.870. The first kappa shape index (κ1) is 27.5. The normalized spacial score (nSPS) is 11.5. The highest BCUT2D eigenvalue weighted by Crippen LogP contribution is 2.26. The first-order valence-electron chi connectivity index (χ1n) is 11.1. The summed E-state index contributed by atoms with van der Waals surface area (Å²) in [5.74, 6) is -2.92. The van der Waals surface area contributed by atoms with Crippen LogP contribution in [0.4, 0.5) is 13.2 Å². The molecule has 4 aromatic rings. The Kier molecular flexibility index (Phi) is 8.40. The first-order valence-corrected chi connectivity index (χ1v) is 11.1. The Morgan fingerprint density at radius 3 is 2.24 bits per heavy atom. The molecule has 13 heteroatoms. The van der Waals surface area contributed by atoms with Gasteiger partial charge in [0.05, 0.1) is 46.0 Å². The van der Waals surface area contributed by atoms with Gasteiger partial charge in [-0.3, -0.25) is 4.79 Å². The van der Waals surface area contributed by atoms with Crippen molar-refractivity contribution in [2.24, 2.45) is 0 Å². The smallest absolute Gasteiger partial charge is 0.255 e. The molecule has 10 nitrogen and oxygen atoms in total. The summed E-state index contributed by atoms with van der Waals surface area (Å²) in [6.45, 7) is 0.325. The van der Waals surface area contributed by atoms with Crippen molar-refractivity contribution in [3.63, 3.8) is 0 Å². The monoisotopic (exact) mass is 518 g/mol. The molecule has 0 aliphatic rings. The van der Waals surface area contributed by atoms with Gasteiger partial charge in [-0.2, -0.15) is 5.10 Å². The van der Waals surface area contributed by atoms with Gasteiger partial charge in [0.2, 0.25) is 0 Å². The third-order valence-corrected chi connectivity index (χ3v) is 5.11. The lowest BCUT2D eigenvalue weighted by atomic mass is 10.2. The van der Waals surface area contributed by atoms with Crippen molar-refractivity contribution in [3.8, 4) is 5.69 Å². The molecule has 0 saturated carbocycles. The molecule has 2 N–H and O–H groups in total. The largest absolute Gasteiger partial charge is 0.543 e. The highest BCUT2D eigenvalue weighted by molar-refractivity contribution is 6.08. The molecule has 1 amide bonds. The summed E-state index contributed by atoms with van der Waals surface area (Å²) in [4.78, 5) is 23.6. The molecule has 0 atom stereocenters. The number of hydrogen-bond acceptors (Lipinski definition) is 7. The minimum atomic E-state index is -2.68. The van der Waals surface area contributed by atoms with Crippen LogP contribution in [0.5, 0.6) is 0 Å². The van der Waals surface area contributed by atoms with Crippen LogP contribution in [-0.2, 0) is 0 Å². The van der Waals surface area contributed by atoms with Crippen LogP contribution in [0.3, 0.4) is 0 Å². The van der Waals surface area contributed by atoms with Gasteiger partial charge in [-0.05, 0) is 30.3 Å². The molecule has 196 valence electrons. The number of rotatable bonds is 7. The lowest BCUT2D eigenvalue weighted by Crippen LogP contribution is -2.36. The van der Waals surface area contributed by atoms with Crippen molar-refractivity contribution in [1.29, 1.82) is 0 Å². The molecule has 0 spiro atoms. The van der Waals surface area contributed by atoms with Gasteiger partial charge < -0.3 is 24.8 Å². The standard InChI is InChI=1S/C19H12F3N5O3.C5H14NO/c20-12-3-1-2-11-14(12)24-25-16-15(11)26-27(17(16)19(29)30)10-6-4-9(5-7-10)18(28)23-8-13(21)22;1-6(2,3)4-5-7/h1-7,13H,8H2,(H,23,28)(H,29,30);7H,4-5H2,1-3H3/q;+1/p-1. The van der Waals surface area contributed by atoms with Gasteiger partial charge in [-0.15, -0.1) is 10.2 Å². The number of nitrogens with zero attached hydrogens (tertiary/aromatic N) is 5. The number of carboxylic acids is 1. The lowest BCUT2D eigenvalue weighted by Gasteiger charge is -2.21. The van der Waals surface area contributed by atoms with E-state index in [1.807, 2.05) is 0 Å². The maximum Gasteiger partial charge on any atom is 0.255 e. The Bertz CT molecular complexity index is 1420. The van der Waals surface area contributed by atoms with Gasteiger partial charge in [0.15, 0.2) is 5.82 Å². The van der Waals surface area contributed by atoms with E-state index in [4.69, 9.17) is 5.11 Å². The molecule has 4 rings (SSSR count). The number of alkyl halides is 2. The fraction of sp³-hybridized carbons (Fsp3) is 0.292. The van der Waals surface area contributed by atoms with Gasteiger partial charge >= 0.3 is 0 Å². The number of carbonyl (C=O) groups is 2. The number of aliphatic hydroxyl groups excluding tert-OH is 1. The summed E-state index contributed by atoms with van der Waals surface area (Å²) in [7, 11) is 6.16. The van der Waals surface area contributed by atoms with E-state index in [1.165, 1.54) is 42.5 Å². The zero-order chi connectivity index (χ0) is 27.3. The van der Waals surface area contributed by atoms with E-state index < -0.39 is 36.4 Å². The number of hydrogen-bond donors (Lipinski definition) is 2. The summed E-state index contributed by atoms with van der Waals surface area (Å²) in [5.41, 5.74) is -0.117. The number of benzene rings is 2. The van der Waals surface area contributed by atoms with Crippen LogP contribution in [0, 0.1) is 5.82 Å². The minimum Gasteiger partial charge on any atom is -0.543 e. The third-order valence-electron chi connectivity index (χ3n) is 5.11. The fourth-order valence-electron chi connectivity index (χ4n) is 3.29. The highest BCUT2D eigenvalue weighted by Gasteiger charge is 2.19. The van der Waals surface area contributed by atoms with Crippen LogP contribution in [0.15, 0.2) is 42.5 Å². The number of nitrogens with one attached hydrogen (secondary N) is 1. The minimum absolute atomic E-state index is 0.0643. The van der Waals surface area contributed by atoms with E-state index in [-0.39, 0.29) is 39.8 Å². The second kappa shape index (κ2) is 11.3. The second-order valence-corrected chi connectivity index (χ2v) is 8.97. The van der Waals surface area contributed by atoms with Gasteiger partial charge in [0.1, 0.15) is 28.8 Å². The van der Waals surface area contributed by atoms with Crippen LogP contribution in [0.2, 0.25) is 0 Å². The van der Waals surface area contributed by atoms with Crippen LogP contribution in [0.25, 0.3) is 27.6 Å². The van der Waals surface area contributed by atoms with Gasteiger partial charge in [0.25, 0.3) is 12.3 Å². The predicted octanol–water partition coefficient (Wildman–Crippen LogP) is 1.15. The van der Waals surface area contributed by atoms with E-state index in [2.05, 4.69) is 41.8 Å². The second-order valence-electron chi connectivity index (χ2n) is 8.97. The maximum absolute atomic E-state index is 14.0. The van der Waals surface area contributed by atoms with E-state index in [0.29, 0.717) is 0 Å². The Morgan fingerprint density at radius 1 is 1.05 bits per heavy atom. The van der Waals surface area contributed by atoms with E-state index >= 15 is 0 Å². The van der Waals surface area contributed by atoms with E-state index in [9.17, 15) is 27.9 Å². The number of carboxylic acid groups (broad SMARTS) is 1. The van der Waals surface area contributed by atoms with Gasteiger partial charge in [-0.25, -0.2) is 17.9 Å². The van der Waals surface area contributed by atoms with Crippen LogP contribution in [-0.4, -0.2) is 88.7 Å². The van der Waals surface area contributed by atoms with Crippen molar-refractivity contribution in [3.05, 3.63) is 59.5 Å². The molecule has 2 aromatic heterocycles. The molecule has 0 aliphatic carbocycles. The summed E-state index contributed by atoms with van der Waals surface area (Å²) >= 11 is 0. The van der Waals surface area contributed by atoms with Crippen LogP contribution < -0.4 is 10.4 Å². The first-order chi connectivity index (χ1) is 17.4. The molecule has 0 aliphatic heterocycles. The highest BCUT2D eigenvalue weighted by atomic mass is 19.3. The van der Waals surface area contributed by atoms with Crippen LogP contribution in [0.1, 0.15) is 20.8 Å². The molecule has 2 heterocycles. The topological polar surface area (TPSA) is 133 Å². The maximum atomic E-state index is 14.0. The SMILES string of the molecule is C[N+](C)(C)CCO.O=C(NCC(F)F)c1ccc(-n2nc3c(nnc4c(F)cccc43)c2C(=O)[O-])cc1. The molecule has 37 heavy (non-hydrogen) atoms. The Hall–Kier alpha value is -4.10. The average Bonchev–Trinajstić information content (AvgIpc) is 3.23. The molecular formula is C24H25F3N6O4. The van der Waals surface area contributed by atoms with Crippen LogP contribution >= 0.6 is 0 Å². The molecular weight excluding hydrogens is 493 g/mol. The number of likely N-dealkylation sites (N-methyl/N-ethyl adjacent to an activating group) is 1.